The number of carbonyl (C=O) groups excluding carboxylic acids is 1. The highest BCUT2D eigenvalue weighted by Crippen LogP contribution is 2.36. The van der Waals surface area contributed by atoms with Crippen LogP contribution in [-0.4, -0.2) is 40.5 Å². The zero-order chi connectivity index (χ0) is 21.4. The summed E-state index contributed by atoms with van der Waals surface area (Å²) in [7, 11) is 0. The van der Waals surface area contributed by atoms with Gasteiger partial charge in [-0.3, -0.25) is 4.79 Å². The van der Waals surface area contributed by atoms with E-state index in [9.17, 15) is 9.18 Å². The molecule has 2 atom stereocenters. The SMILES string of the molecule is CC(=O)N1C2CCC1CC(NCCc1ccc(Oc3nc4cc(F)ccc4s3)cc1)C2. The zero-order valence-electron chi connectivity index (χ0n) is 17.5. The molecular formula is C24H26FN3O2S. The van der Waals surface area contributed by atoms with Gasteiger partial charge in [-0.2, -0.15) is 0 Å². The van der Waals surface area contributed by atoms with Crippen LogP contribution in [0.2, 0.25) is 0 Å². The van der Waals surface area contributed by atoms with E-state index >= 15 is 0 Å². The summed E-state index contributed by atoms with van der Waals surface area (Å²) in [5.41, 5.74) is 1.86. The average molecular weight is 440 g/mol. The van der Waals surface area contributed by atoms with E-state index in [0.717, 1.165) is 49.1 Å². The first-order valence-corrected chi connectivity index (χ1v) is 11.7. The number of hydrogen-bond acceptors (Lipinski definition) is 5. The van der Waals surface area contributed by atoms with E-state index in [0.29, 0.717) is 28.8 Å². The van der Waals surface area contributed by atoms with Gasteiger partial charge in [0.2, 0.25) is 5.91 Å². The molecule has 2 saturated heterocycles. The molecule has 0 radical (unpaired) electrons. The van der Waals surface area contributed by atoms with E-state index in [2.05, 4.69) is 27.3 Å². The monoisotopic (exact) mass is 439 g/mol. The summed E-state index contributed by atoms with van der Waals surface area (Å²) in [5.74, 6) is 0.662. The Morgan fingerprint density at radius 2 is 1.94 bits per heavy atom. The summed E-state index contributed by atoms with van der Waals surface area (Å²) in [6, 6.07) is 14.0. The molecule has 2 bridgehead atoms. The standard InChI is InChI=1S/C24H26FN3O2S/c1-15(29)28-19-5-6-20(28)14-18(13-19)26-11-10-16-2-7-21(8-3-16)30-24-27-22-12-17(25)4-9-23(22)31-24/h2-4,7-9,12,18-20,26H,5-6,10-11,13-14H2,1H3. The molecule has 2 aliphatic heterocycles. The predicted octanol–water partition coefficient (Wildman–Crippen LogP) is 4.90. The van der Waals surface area contributed by atoms with Crippen molar-refractivity contribution in [3.8, 4) is 10.9 Å². The van der Waals surface area contributed by atoms with Crippen LogP contribution in [0.25, 0.3) is 10.2 Å². The number of benzene rings is 2. The number of nitrogens with one attached hydrogen (secondary N) is 1. The number of amides is 1. The molecule has 2 aliphatic rings. The highest BCUT2D eigenvalue weighted by Gasteiger charge is 2.41. The lowest BCUT2D eigenvalue weighted by molar-refractivity contribution is -0.133. The topological polar surface area (TPSA) is 54.5 Å². The summed E-state index contributed by atoms with van der Waals surface area (Å²) in [6.45, 7) is 2.62. The minimum absolute atomic E-state index is 0.228. The van der Waals surface area contributed by atoms with Crippen molar-refractivity contribution in [1.82, 2.24) is 15.2 Å². The fourth-order valence-corrected chi connectivity index (χ4v) is 5.84. The van der Waals surface area contributed by atoms with Gasteiger partial charge in [-0.25, -0.2) is 9.37 Å². The predicted molar refractivity (Wildman–Crippen MR) is 120 cm³/mol. The molecular weight excluding hydrogens is 413 g/mol. The average Bonchev–Trinajstić information content (AvgIpc) is 3.26. The van der Waals surface area contributed by atoms with Crippen LogP contribution in [0.1, 0.15) is 38.2 Å². The van der Waals surface area contributed by atoms with Crippen molar-refractivity contribution < 1.29 is 13.9 Å². The van der Waals surface area contributed by atoms with Crippen molar-refractivity contribution in [2.45, 2.75) is 57.2 Å². The maximum absolute atomic E-state index is 13.3. The number of nitrogens with zero attached hydrogens (tertiary/aromatic N) is 2. The molecule has 0 aliphatic carbocycles. The molecule has 2 unspecified atom stereocenters. The number of thiazole rings is 1. The molecule has 1 N–H and O–H groups in total. The van der Waals surface area contributed by atoms with Crippen molar-refractivity contribution in [2.75, 3.05) is 6.54 Å². The van der Waals surface area contributed by atoms with Crippen LogP contribution in [-0.2, 0) is 11.2 Å². The number of ether oxygens (including phenoxy) is 1. The van der Waals surface area contributed by atoms with Gasteiger partial charge in [0, 0.05) is 31.1 Å². The molecule has 1 aromatic heterocycles. The molecule has 1 amide bonds. The van der Waals surface area contributed by atoms with Gasteiger partial charge in [0.1, 0.15) is 11.6 Å². The zero-order valence-corrected chi connectivity index (χ0v) is 18.3. The van der Waals surface area contributed by atoms with Crippen LogP contribution in [0.15, 0.2) is 42.5 Å². The molecule has 5 rings (SSSR count). The van der Waals surface area contributed by atoms with Gasteiger partial charge in [0.25, 0.3) is 5.19 Å². The lowest BCUT2D eigenvalue weighted by Crippen LogP contribution is -2.51. The molecule has 2 fully saturated rings. The lowest BCUT2D eigenvalue weighted by Gasteiger charge is -2.38. The molecule has 5 nitrogen and oxygen atoms in total. The molecule has 3 heterocycles. The van der Waals surface area contributed by atoms with Crippen molar-refractivity contribution in [3.05, 3.63) is 53.8 Å². The number of aromatic nitrogens is 1. The first-order valence-electron chi connectivity index (χ1n) is 10.9. The third-order valence-corrected chi connectivity index (χ3v) is 7.32. The van der Waals surface area contributed by atoms with Crippen LogP contribution in [0.4, 0.5) is 4.39 Å². The van der Waals surface area contributed by atoms with E-state index in [4.69, 9.17) is 4.74 Å². The summed E-state index contributed by atoms with van der Waals surface area (Å²) in [5, 5.41) is 4.21. The number of halogens is 1. The Hall–Kier alpha value is -2.51. The number of piperidine rings is 1. The number of carbonyl (C=O) groups is 1. The van der Waals surface area contributed by atoms with Crippen LogP contribution in [0.5, 0.6) is 10.9 Å². The molecule has 0 spiro atoms. The van der Waals surface area contributed by atoms with Crippen LogP contribution in [0, 0.1) is 5.82 Å². The first kappa shape index (κ1) is 20.4. The minimum Gasteiger partial charge on any atom is -0.431 e. The Morgan fingerprint density at radius 1 is 1.19 bits per heavy atom. The highest BCUT2D eigenvalue weighted by molar-refractivity contribution is 7.20. The highest BCUT2D eigenvalue weighted by atomic mass is 32.1. The first-order chi connectivity index (χ1) is 15.0. The van der Waals surface area contributed by atoms with Crippen LogP contribution < -0.4 is 10.1 Å². The smallest absolute Gasteiger partial charge is 0.279 e. The van der Waals surface area contributed by atoms with Gasteiger partial charge >= 0.3 is 0 Å². The van der Waals surface area contributed by atoms with E-state index in [1.165, 1.54) is 29.0 Å². The van der Waals surface area contributed by atoms with E-state index in [-0.39, 0.29) is 11.7 Å². The quantitative estimate of drug-likeness (QED) is 0.593. The summed E-state index contributed by atoms with van der Waals surface area (Å²) >= 11 is 1.41. The third kappa shape index (κ3) is 4.43. The number of rotatable bonds is 6. The summed E-state index contributed by atoms with van der Waals surface area (Å²) < 4.78 is 20.1. The maximum atomic E-state index is 13.3. The Bertz CT molecular complexity index is 1070. The van der Waals surface area contributed by atoms with Crippen LogP contribution in [0.3, 0.4) is 0 Å². The molecule has 2 aromatic carbocycles. The molecule has 162 valence electrons. The number of hydrogen-bond donors (Lipinski definition) is 1. The van der Waals surface area contributed by atoms with Gasteiger partial charge in [0.15, 0.2) is 0 Å². The third-order valence-electron chi connectivity index (χ3n) is 6.40. The van der Waals surface area contributed by atoms with Crippen molar-refractivity contribution in [1.29, 1.82) is 0 Å². The van der Waals surface area contributed by atoms with Gasteiger partial charge in [-0.05, 0) is 68.5 Å². The summed E-state index contributed by atoms with van der Waals surface area (Å²) in [4.78, 5) is 18.3. The number of fused-ring (bicyclic) bond motifs is 3. The molecule has 7 heteroatoms. The van der Waals surface area contributed by atoms with Gasteiger partial charge in [0.05, 0.1) is 10.2 Å². The fourth-order valence-electron chi connectivity index (χ4n) is 5.03. The minimum atomic E-state index is -0.292. The van der Waals surface area contributed by atoms with E-state index in [1.54, 1.807) is 13.0 Å². The second-order valence-corrected chi connectivity index (χ2v) is 9.51. The van der Waals surface area contributed by atoms with Crippen molar-refractivity contribution >= 4 is 27.5 Å². The Labute approximate surface area is 185 Å². The fraction of sp³-hybridized carbons (Fsp3) is 0.417. The largest absolute Gasteiger partial charge is 0.431 e. The normalized spacial score (nSPS) is 22.8. The lowest BCUT2D eigenvalue weighted by atomic mass is 9.97. The second-order valence-electron chi connectivity index (χ2n) is 8.52. The second kappa shape index (κ2) is 8.55. The van der Waals surface area contributed by atoms with Gasteiger partial charge in [-0.1, -0.05) is 23.5 Å². The van der Waals surface area contributed by atoms with Gasteiger partial charge < -0.3 is 15.0 Å². The van der Waals surface area contributed by atoms with Crippen molar-refractivity contribution in [3.63, 3.8) is 0 Å². The molecule has 0 saturated carbocycles. The molecule has 3 aromatic rings. The molecule has 31 heavy (non-hydrogen) atoms. The van der Waals surface area contributed by atoms with Gasteiger partial charge in [-0.15, -0.1) is 0 Å². The summed E-state index contributed by atoms with van der Waals surface area (Å²) in [6.07, 6.45) is 5.37. The van der Waals surface area contributed by atoms with E-state index < -0.39 is 0 Å². The maximum Gasteiger partial charge on any atom is 0.279 e. The Kier molecular flexibility index (Phi) is 5.63. The van der Waals surface area contributed by atoms with E-state index in [1.807, 2.05) is 12.1 Å². The Balaban J connectivity index is 1.12. The Morgan fingerprint density at radius 3 is 2.65 bits per heavy atom. The van der Waals surface area contributed by atoms with Crippen LogP contribution >= 0.6 is 11.3 Å². The van der Waals surface area contributed by atoms with Crippen molar-refractivity contribution in [2.24, 2.45) is 0 Å².